The van der Waals surface area contributed by atoms with Gasteiger partial charge in [-0.1, -0.05) is 35.9 Å². The van der Waals surface area contributed by atoms with Gasteiger partial charge in [0.05, 0.1) is 6.42 Å². The van der Waals surface area contributed by atoms with E-state index in [1.165, 1.54) is 10.4 Å². The maximum atomic E-state index is 12.6. The van der Waals surface area contributed by atoms with E-state index >= 15 is 0 Å². The summed E-state index contributed by atoms with van der Waals surface area (Å²) in [6, 6.07) is 12.2. The molecule has 0 spiro atoms. The number of amides is 2. The van der Waals surface area contributed by atoms with Crippen LogP contribution in [0.25, 0.3) is 0 Å². The predicted octanol–water partition coefficient (Wildman–Crippen LogP) is 3.29. The van der Waals surface area contributed by atoms with Crippen molar-refractivity contribution in [2.45, 2.75) is 32.6 Å². The average molecular weight is 371 g/mol. The van der Waals surface area contributed by atoms with Gasteiger partial charge in [-0.2, -0.15) is 0 Å². The lowest BCUT2D eigenvalue weighted by molar-refractivity contribution is -0.133. The largest absolute Gasteiger partial charge is 0.341 e. The van der Waals surface area contributed by atoms with E-state index in [1.807, 2.05) is 52.4 Å². The van der Waals surface area contributed by atoms with E-state index in [-0.39, 0.29) is 11.8 Å². The lowest BCUT2D eigenvalue weighted by Crippen LogP contribution is -2.38. The number of hydrogen-bond donors (Lipinski definition) is 0. The maximum absolute atomic E-state index is 12.6. The minimum Gasteiger partial charge on any atom is -0.341 e. The Bertz CT molecular complexity index is 725. The molecule has 1 fully saturated rings. The summed E-state index contributed by atoms with van der Waals surface area (Å²) < 4.78 is 0. The molecule has 1 aliphatic heterocycles. The zero-order valence-corrected chi connectivity index (χ0v) is 16.1. The van der Waals surface area contributed by atoms with Gasteiger partial charge in [-0.3, -0.25) is 9.59 Å². The highest BCUT2D eigenvalue weighted by Gasteiger charge is 2.22. The molecule has 1 saturated heterocycles. The predicted molar refractivity (Wildman–Crippen MR) is 105 cm³/mol. The fourth-order valence-corrected chi connectivity index (χ4v) is 3.96. The number of carbonyl (C=O) groups excluding carboxylic acids is 2. The van der Waals surface area contributed by atoms with Crippen molar-refractivity contribution in [2.75, 3.05) is 26.2 Å². The van der Waals surface area contributed by atoms with Crippen molar-refractivity contribution in [1.82, 2.24) is 9.80 Å². The van der Waals surface area contributed by atoms with Crippen LogP contribution < -0.4 is 0 Å². The summed E-state index contributed by atoms with van der Waals surface area (Å²) in [4.78, 5) is 30.1. The Kier molecular flexibility index (Phi) is 6.45. The number of thiophene rings is 1. The first-order valence-electron chi connectivity index (χ1n) is 9.25. The second-order valence-corrected chi connectivity index (χ2v) is 7.89. The summed E-state index contributed by atoms with van der Waals surface area (Å²) in [5.74, 6) is 0.355. The van der Waals surface area contributed by atoms with Crippen molar-refractivity contribution >= 4 is 23.2 Å². The van der Waals surface area contributed by atoms with Crippen LogP contribution in [0, 0.1) is 6.92 Å². The monoisotopic (exact) mass is 370 g/mol. The maximum Gasteiger partial charge on any atom is 0.227 e. The van der Waals surface area contributed by atoms with Crippen LogP contribution in [0.5, 0.6) is 0 Å². The van der Waals surface area contributed by atoms with E-state index in [0.29, 0.717) is 25.9 Å². The molecule has 3 rings (SSSR count). The molecule has 26 heavy (non-hydrogen) atoms. The first-order valence-corrected chi connectivity index (χ1v) is 10.1. The first kappa shape index (κ1) is 18.6. The molecule has 2 heterocycles. The molecule has 0 saturated carbocycles. The van der Waals surface area contributed by atoms with E-state index in [4.69, 9.17) is 0 Å². The third-order valence-corrected chi connectivity index (χ3v) is 5.78. The Morgan fingerprint density at radius 1 is 0.962 bits per heavy atom. The Morgan fingerprint density at radius 2 is 1.65 bits per heavy atom. The molecule has 1 aromatic carbocycles. The van der Waals surface area contributed by atoms with Crippen LogP contribution in [0.4, 0.5) is 0 Å². The van der Waals surface area contributed by atoms with Gasteiger partial charge < -0.3 is 9.80 Å². The number of rotatable bonds is 5. The van der Waals surface area contributed by atoms with Gasteiger partial charge in [0.1, 0.15) is 0 Å². The first-order chi connectivity index (χ1) is 12.6. The summed E-state index contributed by atoms with van der Waals surface area (Å²) in [6.07, 6.45) is 2.65. The molecule has 0 bridgehead atoms. The average Bonchev–Trinajstić information content (AvgIpc) is 3.04. The normalized spacial score (nSPS) is 15.0. The number of carbonyl (C=O) groups is 2. The molecule has 0 radical (unpaired) electrons. The SMILES string of the molecule is Cc1ccc(CC(=O)N2CCCN(C(=O)CCc3cccs3)CC2)cc1. The second-order valence-electron chi connectivity index (χ2n) is 6.86. The minimum atomic E-state index is 0.154. The zero-order valence-electron chi connectivity index (χ0n) is 15.3. The highest BCUT2D eigenvalue weighted by Crippen LogP contribution is 2.13. The fraction of sp³-hybridized carbons (Fsp3) is 0.429. The quantitative estimate of drug-likeness (QED) is 0.810. The Morgan fingerprint density at radius 3 is 2.31 bits per heavy atom. The Hall–Kier alpha value is -2.14. The van der Waals surface area contributed by atoms with Crippen LogP contribution in [0.2, 0.25) is 0 Å². The summed E-state index contributed by atoms with van der Waals surface area (Å²) in [7, 11) is 0. The van der Waals surface area contributed by atoms with Gasteiger partial charge in [-0.05, 0) is 36.8 Å². The van der Waals surface area contributed by atoms with Crippen molar-refractivity contribution in [2.24, 2.45) is 0 Å². The number of nitrogens with zero attached hydrogens (tertiary/aromatic N) is 2. The number of aryl methyl sites for hydroxylation is 2. The van der Waals surface area contributed by atoms with Gasteiger partial charge in [0.15, 0.2) is 0 Å². The Labute approximate surface area is 159 Å². The molecule has 2 aromatic rings. The molecule has 5 heteroatoms. The highest BCUT2D eigenvalue weighted by molar-refractivity contribution is 7.09. The van der Waals surface area contributed by atoms with Gasteiger partial charge >= 0.3 is 0 Å². The third-order valence-electron chi connectivity index (χ3n) is 4.84. The second kappa shape index (κ2) is 8.99. The van der Waals surface area contributed by atoms with Crippen molar-refractivity contribution in [3.63, 3.8) is 0 Å². The van der Waals surface area contributed by atoms with Crippen molar-refractivity contribution in [1.29, 1.82) is 0 Å². The molecule has 1 aliphatic rings. The van der Waals surface area contributed by atoms with Crippen molar-refractivity contribution in [3.05, 3.63) is 57.8 Å². The lowest BCUT2D eigenvalue weighted by atomic mass is 10.1. The van der Waals surface area contributed by atoms with Gasteiger partial charge in [0.2, 0.25) is 11.8 Å². The van der Waals surface area contributed by atoms with Crippen molar-refractivity contribution in [3.8, 4) is 0 Å². The van der Waals surface area contributed by atoms with Gasteiger partial charge in [0.25, 0.3) is 0 Å². The summed E-state index contributed by atoms with van der Waals surface area (Å²) in [6.45, 7) is 4.81. The molecule has 1 aromatic heterocycles. The van der Waals surface area contributed by atoms with Crippen LogP contribution >= 0.6 is 11.3 Å². The number of hydrogen-bond acceptors (Lipinski definition) is 3. The van der Waals surface area contributed by atoms with E-state index < -0.39 is 0 Å². The smallest absolute Gasteiger partial charge is 0.227 e. The highest BCUT2D eigenvalue weighted by atomic mass is 32.1. The Balaban J connectivity index is 1.48. The van der Waals surface area contributed by atoms with Gasteiger partial charge in [-0.15, -0.1) is 11.3 Å². The van der Waals surface area contributed by atoms with Crippen LogP contribution in [0.3, 0.4) is 0 Å². The fourth-order valence-electron chi connectivity index (χ4n) is 3.25. The zero-order chi connectivity index (χ0) is 18.4. The van der Waals surface area contributed by atoms with Crippen LogP contribution in [0.1, 0.15) is 28.8 Å². The topological polar surface area (TPSA) is 40.6 Å². The van der Waals surface area contributed by atoms with E-state index in [9.17, 15) is 9.59 Å². The standard InChI is InChI=1S/C21H26N2O2S/c1-17-5-7-18(8-6-17)16-21(25)23-12-3-11-22(13-14-23)20(24)10-9-19-4-2-15-26-19/h2,4-8,15H,3,9-14,16H2,1H3. The minimum absolute atomic E-state index is 0.154. The van der Waals surface area contributed by atoms with E-state index in [2.05, 4.69) is 6.07 Å². The van der Waals surface area contributed by atoms with E-state index in [0.717, 1.165) is 31.5 Å². The molecule has 0 atom stereocenters. The molecular formula is C21H26N2O2S. The molecule has 0 N–H and O–H groups in total. The lowest BCUT2D eigenvalue weighted by Gasteiger charge is -2.22. The third kappa shape index (κ3) is 5.18. The van der Waals surface area contributed by atoms with Crippen LogP contribution in [0.15, 0.2) is 41.8 Å². The molecule has 0 aliphatic carbocycles. The summed E-state index contributed by atoms with van der Waals surface area (Å²) >= 11 is 1.70. The van der Waals surface area contributed by atoms with Crippen LogP contribution in [-0.4, -0.2) is 47.8 Å². The summed E-state index contributed by atoms with van der Waals surface area (Å²) in [5, 5.41) is 2.04. The van der Waals surface area contributed by atoms with E-state index in [1.54, 1.807) is 11.3 Å². The molecule has 2 amide bonds. The van der Waals surface area contributed by atoms with Gasteiger partial charge in [0, 0.05) is 37.5 Å². The summed E-state index contributed by atoms with van der Waals surface area (Å²) in [5.41, 5.74) is 2.25. The van der Waals surface area contributed by atoms with Gasteiger partial charge in [-0.25, -0.2) is 0 Å². The molecular weight excluding hydrogens is 344 g/mol. The van der Waals surface area contributed by atoms with Crippen molar-refractivity contribution < 1.29 is 9.59 Å². The number of benzene rings is 1. The molecule has 0 unspecified atom stereocenters. The molecule has 138 valence electrons. The van der Waals surface area contributed by atoms with Crippen LogP contribution in [-0.2, 0) is 22.4 Å². The molecule has 4 nitrogen and oxygen atoms in total.